The molecule has 0 bridgehead atoms. The first-order chi connectivity index (χ1) is 30.3. The van der Waals surface area contributed by atoms with Crippen molar-refractivity contribution in [3.8, 4) is 55.6 Å². The van der Waals surface area contributed by atoms with Crippen LogP contribution >= 0.6 is 0 Å². The van der Waals surface area contributed by atoms with Gasteiger partial charge in [-0.05, 0) is 125 Å². The van der Waals surface area contributed by atoms with E-state index in [0.717, 1.165) is 0 Å². The van der Waals surface area contributed by atoms with E-state index in [2.05, 4.69) is 233 Å². The van der Waals surface area contributed by atoms with Crippen LogP contribution in [0.2, 0.25) is 0 Å². The number of rotatable bonds is 4. The number of anilines is 3. The normalized spacial score (nSPS) is 17.0. The van der Waals surface area contributed by atoms with E-state index in [1.807, 2.05) is 0 Å². The van der Waals surface area contributed by atoms with E-state index in [1.54, 1.807) is 0 Å². The molecular weight excluding hydrogens is 747 g/mol. The van der Waals surface area contributed by atoms with Crippen molar-refractivity contribution in [2.45, 2.75) is 43.9 Å². The molecule has 62 heavy (non-hydrogen) atoms. The highest BCUT2D eigenvalue weighted by atomic mass is 15.1. The molecule has 4 aliphatic carbocycles. The summed E-state index contributed by atoms with van der Waals surface area (Å²) in [7, 11) is 0. The monoisotopic (exact) mass is 791 g/mol. The summed E-state index contributed by atoms with van der Waals surface area (Å²) >= 11 is 0. The lowest BCUT2D eigenvalue weighted by Crippen LogP contribution is -2.26. The maximum atomic E-state index is 2.58. The summed E-state index contributed by atoms with van der Waals surface area (Å²) in [6.45, 7) is 9.56. The Labute approximate surface area is 364 Å². The first-order valence-corrected chi connectivity index (χ1v) is 22.1. The molecule has 1 heteroatoms. The molecule has 0 fully saturated rings. The van der Waals surface area contributed by atoms with Crippen molar-refractivity contribution in [3.63, 3.8) is 0 Å². The fraction of sp³-hybridized carbons (Fsp3) is 0.115. The number of hydrogen-bond acceptors (Lipinski definition) is 1. The van der Waals surface area contributed by atoms with Gasteiger partial charge < -0.3 is 4.90 Å². The number of nitrogens with zero attached hydrogens (tertiary/aromatic N) is 1. The molecule has 1 nitrogen and oxygen atoms in total. The molecular formula is C61H45N. The highest BCUT2D eigenvalue weighted by Crippen LogP contribution is 2.66. The second-order valence-electron chi connectivity index (χ2n) is 18.8. The van der Waals surface area contributed by atoms with Gasteiger partial charge in [0.2, 0.25) is 0 Å². The molecule has 0 saturated heterocycles. The molecule has 1 atom stereocenters. The van der Waals surface area contributed by atoms with Crippen LogP contribution in [0.1, 0.15) is 72.2 Å². The first kappa shape index (κ1) is 35.5. The van der Waals surface area contributed by atoms with E-state index in [-0.39, 0.29) is 10.8 Å². The minimum atomic E-state index is -0.519. The van der Waals surface area contributed by atoms with E-state index >= 15 is 0 Å². The third-order valence-electron chi connectivity index (χ3n) is 15.1. The maximum Gasteiger partial charge on any atom is 0.0732 e. The van der Waals surface area contributed by atoms with Crippen LogP contribution in [0.15, 0.2) is 200 Å². The molecule has 294 valence electrons. The van der Waals surface area contributed by atoms with Gasteiger partial charge in [0.1, 0.15) is 0 Å². The van der Waals surface area contributed by atoms with Gasteiger partial charge in [0.15, 0.2) is 0 Å². The summed E-state index contributed by atoms with van der Waals surface area (Å²) in [6, 6.07) is 75.9. The minimum Gasteiger partial charge on any atom is -0.310 e. The van der Waals surface area contributed by atoms with E-state index in [0.29, 0.717) is 0 Å². The highest BCUT2D eigenvalue weighted by Gasteiger charge is 2.53. The number of fused-ring (bicyclic) bond motifs is 16. The summed E-state index contributed by atoms with van der Waals surface area (Å²) in [5, 5.41) is 0. The lowest BCUT2D eigenvalue weighted by Gasteiger charge is -2.33. The van der Waals surface area contributed by atoms with Crippen molar-refractivity contribution in [1.29, 1.82) is 0 Å². The van der Waals surface area contributed by atoms with Crippen LogP contribution in [0.4, 0.5) is 17.1 Å². The van der Waals surface area contributed by atoms with E-state index in [9.17, 15) is 0 Å². The Hall–Kier alpha value is -7.22. The Balaban J connectivity index is 1.11. The molecule has 9 aromatic carbocycles. The van der Waals surface area contributed by atoms with Crippen molar-refractivity contribution >= 4 is 17.1 Å². The molecule has 0 radical (unpaired) electrons. The standard InChI is InChI=1S/C61H45N/c1-59(2)49-26-12-8-20-42(49)45-34-32-39(36-54(45)59)62(40-33-35-46-43-21-9-13-27-50(43)60(3,4)55(46)37-40)56-31-17-30-53-57(56)48-23-11-15-29-52(48)61(53)51-28-14-10-22-44(51)47-25-16-24-41(58(47)61)38-18-6-5-7-19-38/h5-37H,1-4H3. The Morgan fingerprint density at radius 3 is 1.32 bits per heavy atom. The predicted molar refractivity (Wildman–Crippen MR) is 258 cm³/mol. The molecule has 0 aromatic heterocycles. The number of benzene rings is 9. The molecule has 1 unspecified atom stereocenters. The van der Waals surface area contributed by atoms with Gasteiger partial charge in [-0.1, -0.05) is 198 Å². The van der Waals surface area contributed by atoms with Crippen molar-refractivity contribution in [3.05, 3.63) is 245 Å². The van der Waals surface area contributed by atoms with Gasteiger partial charge in [-0.2, -0.15) is 0 Å². The van der Waals surface area contributed by atoms with E-state index in [1.165, 1.54) is 117 Å². The van der Waals surface area contributed by atoms with Gasteiger partial charge in [0, 0.05) is 27.8 Å². The van der Waals surface area contributed by atoms with Crippen molar-refractivity contribution < 1.29 is 0 Å². The van der Waals surface area contributed by atoms with E-state index < -0.39 is 5.41 Å². The number of hydrogen-bond donors (Lipinski definition) is 0. The molecule has 1 spiro atoms. The lowest BCUT2D eigenvalue weighted by atomic mass is 9.68. The van der Waals surface area contributed by atoms with Gasteiger partial charge >= 0.3 is 0 Å². The van der Waals surface area contributed by atoms with E-state index in [4.69, 9.17) is 0 Å². The summed E-state index contributed by atoms with van der Waals surface area (Å²) < 4.78 is 0. The second-order valence-corrected chi connectivity index (χ2v) is 18.8. The summed E-state index contributed by atoms with van der Waals surface area (Å²) in [4.78, 5) is 2.58. The van der Waals surface area contributed by atoms with Crippen LogP contribution in [0.3, 0.4) is 0 Å². The minimum absolute atomic E-state index is 0.143. The topological polar surface area (TPSA) is 3.24 Å². The smallest absolute Gasteiger partial charge is 0.0732 e. The van der Waals surface area contributed by atoms with Crippen LogP contribution in [0.5, 0.6) is 0 Å². The average Bonchev–Trinajstić information content (AvgIpc) is 3.95. The third kappa shape index (κ3) is 4.43. The zero-order valence-electron chi connectivity index (χ0n) is 35.5. The molecule has 0 heterocycles. The van der Waals surface area contributed by atoms with Gasteiger partial charge in [0.05, 0.1) is 11.1 Å². The van der Waals surface area contributed by atoms with Crippen LogP contribution in [0, 0.1) is 0 Å². The van der Waals surface area contributed by atoms with Gasteiger partial charge in [-0.25, -0.2) is 0 Å². The van der Waals surface area contributed by atoms with Crippen LogP contribution in [0.25, 0.3) is 55.6 Å². The summed E-state index contributed by atoms with van der Waals surface area (Å²) in [5.74, 6) is 0. The third-order valence-corrected chi connectivity index (χ3v) is 15.1. The predicted octanol–water partition coefficient (Wildman–Crippen LogP) is 15.8. The molecule has 0 N–H and O–H groups in total. The average molecular weight is 792 g/mol. The molecule has 0 aliphatic heterocycles. The van der Waals surface area contributed by atoms with Crippen LogP contribution < -0.4 is 4.90 Å². The van der Waals surface area contributed by atoms with Crippen molar-refractivity contribution in [2.24, 2.45) is 0 Å². The maximum absolute atomic E-state index is 2.58. The fourth-order valence-corrected chi connectivity index (χ4v) is 12.4. The molecule has 0 saturated carbocycles. The summed E-state index contributed by atoms with van der Waals surface area (Å²) in [5.41, 5.74) is 26.7. The SMILES string of the molecule is CC1(C)c2ccccc2-c2ccc(N(c3ccc4c(c3)C(C)(C)c3ccccc3-4)c3cccc4c3-c3ccccc3C43c4ccccc4-c4cccc(-c5ccccc5)c43)cc21. The van der Waals surface area contributed by atoms with Gasteiger partial charge in [0.25, 0.3) is 0 Å². The van der Waals surface area contributed by atoms with Gasteiger partial charge in [-0.3, -0.25) is 0 Å². The fourth-order valence-electron chi connectivity index (χ4n) is 12.4. The van der Waals surface area contributed by atoms with Gasteiger partial charge in [-0.15, -0.1) is 0 Å². The molecule has 9 aromatic rings. The molecule has 0 amide bonds. The first-order valence-electron chi connectivity index (χ1n) is 22.1. The largest absolute Gasteiger partial charge is 0.310 e. The Morgan fingerprint density at radius 2 is 0.726 bits per heavy atom. The zero-order chi connectivity index (χ0) is 41.5. The van der Waals surface area contributed by atoms with Crippen molar-refractivity contribution in [1.82, 2.24) is 0 Å². The second kappa shape index (κ2) is 12.4. The zero-order valence-corrected chi connectivity index (χ0v) is 35.5. The lowest BCUT2D eigenvalue weighted by molar-refractivity contribution is 0.660. The summed E-state index contributed by atoms with van der Waals surface area (Å²) in [6.07, 6.45) is 0. The highest BCUT2D eigenvalue weighted by molar-refractivity contribution is 6.03. The Bertz CT molecular complexity index is 3260. The Kier molecular flexibility index (Phi) is 7.12. The quantitative estimate of drug-likeness (QED) is 0.172. The molecule has 4 aliphatic rings. The van der Waals surface area contributed by atoms with Crippen LogP contribution in [-0.2, 0) is 16.2 Å². The Morgan fingerprint density at radius 1 is 0.306 bits per heavy atom. The molecule has 13 rings (SSSR count). The van der Waals surface area contributed by atoms with Crippen molar-refractivity contribution in [2.75, 3.05) is 4.90 Å². The van der Waals surface area contributed by atoms with Crippen LogP contribution in [-0.4, -0.2) is 0 Å².